The third kappa shape index (κ3) is 4.21. The predicted octanol–water partition coefficient (Wildman–Crippen LogP) is 8.72. The van der Waals surface area contributed by atoms with Crippen LogP contribution in [0.3, 0.4) is 0 Å². The van der Waals surface area contributed by atoms with Crippen molar-refractivity contribution >= 4 is 66.6 Å². The van der Waals surface area contributed by atoms with Crippen molar-refractivity contribution in [3.8, 4) is 0 Å². The lowest BCUT2D eigenvalue weighted by Gasteiger charge is -2.20. The smallest absolute Gasteiger partial charge is 0.151 e. The van der Waals surface area contributed by atoms with Gasteiger partial charge in [0, 0.05) is 11.5 Å². The number of nitrogens with zero attached hydrogens (tertiary/aromatic N) is 2. The summed E-state index contributed by atoms with van der Waals surface area (Å²) in [5, 5.41) is 0. The molecule has 0 N–H and O–H groups in total. The Morgan fingerprint density at radius 3 is 1.34 bits per heavy atom. The van der Waals surface area contributed by atoms with Gasteiger partial charge in [-0.05, 0) is 85.3 Å². The first-order valence-electron chi connectivity index (χ1n) is 10.6. The topological polar surface area (TPSA) is 25.8 Å². The molecule has 0 atom stereocenters. The number of thioether (sulfide) groups is 2. The number of hydrogen-bond acceptors (Lipinski definition) is 6. The summed E-state index contributed by atoms with van der Waals surface area (Å²) in [6, 6.07) is 16.8. The van der Waals surface area contributed by atoms with Crippen LogP contribution in [-0.2, 0) is 11.5 Å². The zero-order valence-corrected chi connectivity index (χ0v) is 21.8. The second-order valence-electron chi connectivity index (χ2n) is 7.93. The Morgan fingerprint density at radius 1 is 0.594 bits per heavy atom. The van der Waals surface area contributed by atoms with Crippen molar-refractivity contribution < 1.29 is 0 Å². The fourth-order valence-corrected chi connectivity index (χ4v) is 8.48. The lowest BCUT2D eigenvalue weighted by Crippen LogP contribution is -2.04. The number of para-hydroxylation sites is 2. The highest BCUT2D eigenvalue weighted by molar-refractivity contribution is 8.00. The van der Waals surface area contributed by atoms with E-state index >= 15 is 0 Å². The summed E-state index contributed by atoms with van der Waals surface area (Å²) in [5.41, 5.74) is 10.8. The van der Waals surface area contributed by atoms with Crippen LogP contribution in [0.1, 0.15) is 33.4 Å². The van der Waals surface area contributed by atoms with Gasteiger partial charge in [0.05, 0.1) is 20.4 Å². The number of rotatable bonds is 6. The van der Waals surface area contributed by atoms with Crippen LogP contribution < -0.4 is 0 Å². The number of benzene rings is 3. The first-order chi connectivity index (χ1) is 15.5. The van der Waals surface area contributed by atoms with Crippen molar-refractivity contribution in [2.45, 2.75) is 47.9 Å². The van der Waals surface area contributed by atoms with Crippen LogP contribution in [-0.4, -0.2) is 9.97 Å². The van der Waals surface area contributed by atoms with Gasteiger partial charge in [-0.25, -0.2) is 9.97 Å². The van der Waals surface area contributed by atoms with Crippen LogP contribution in [0.25, 0.3) is 20.4 Å². The van der Waals surface area contributed by atoms with Crippen molar-refractivity contribution in [1.29, 1.82) is 0 Å². The quantitative estimate of drug-likeness (QED) is 0.221. The second kappa shape index (κ2) is 9.18. The first-order valence-corrected chi connectivity index (χ1v) is 14.2. The fourth-order valence-electron chi connectivity index (χ4n) is 3.99. The van der Waals surface area contributed by atoms with E-state index in [-0.39, 0.29) is 0 Å². The van der Waals surface area contributed by atoms with Gasteiger partial charge in [0.25, 0.3) is 0 Å². The van der Waals surface area contributed by atoms with Crippen molar-refractivity contribution in [2.24, 2.45) is 0 Å². The first kappa shape index (κ1) is 22.0. The van der Waals surface area contributed by atoms with Gasteiger partial charge >= 0.3 is 0 Å². The number of fused-ring (bicyclic) bond motifs is 2. The molecule has 0 bridgehead atoms. The molecule has 6 heteroatoms. The van der Waals surface area contributed by atoms with Gasteiger partial charge < -0.3 is 0 Å². The third-order valence-electron chi connectivity index (χ3n) is 6.16. The minimum absolute atomic E-state index is 0.963. The highest BCUT2D eigenvalue weighted by atomic mass is 32.2. The zero-order valence-electron chi connectivity index (χ0n) is 18.6. The Labute approximate surface area is 205 Å². The minimum Gasteiger partial charge on any atom is -0.230 e. The van der Waals surface area contributed by atoms with E-state index < -0.39 is 0 Å². The SMILES string of the molecule is Cc1c(C)c(CSc2nc3ccccc3s2)c(C)c(C)c1CSc1nc2ccccc2s1. The molecular weight excluding hydrogens is 469 g/mol. The van der Waals surface area contributed by atoms with E-state index in [2.05, 4.69) is 76.2 Å². The lowest BCUT2D eigenvalue weighted by atomic mass is 9.90. The number of thiazole rings is 2. The van der Waals surface area contributed by atoms with Crippen molar-refractivity contribution in [2.75, 3.05) is 0 Å². The normalized spacial score (nSPS) is 11.6. The molecular formula is C26H24N2S4. The summed E-state index contributed by atoms with van der Waals surface area (Å²) in [6.45, 7) is 9.12. The maximum atomic E-state index is 4.80. The molecule has 0 spiro atoms. The summed E-state index contributed by atoms with van der Waals surface area (Å²) < 4.78 is 4.82. The Hall–Kier alpha value is -1.86. The molecule has 0 aliphatic rings. The van der Waals surface area contributed by atoms with Crippen LogP contribution in [0.15, 0.2) is 57.2 Å². The van der Waals surface area contributed by atoms with Crippen LogP contribution in [0, 0.1) is 27.7 Å². The van der Waals surface area contributed by atoms with Crippen molar-refractivity contribution in [3.63, 3.8) is 0 Å². The fraction of sp³-hybridized carbons (Fsp3) is 0.231. The van der Waals surface area contributed by atoms with Gasteiger partial charge in [0.2, 0.25) is 0 Å². The number of hydrogen-bond donors (Lipinski definition) is 0. The molecule has 32 heavy (non-hydrogen) atoms. The molecule has 0 unspecified atom stereocenters. The molecule has 2 nitrogen and oxygen atoms in total. The highest BCUT2D eigenvalue weighted by Crippen LogP contribution is 2.38. The second-order valence-corrected chi connectivity index (χ2v) is 12.4. The van der Waals surface area contributed by atoms with E-state index in [1.54, 1.807) is 22.7 Å². The van der Waals surface area contributed by atoms with Crippen LogP contribution in [0.5, 0.6) is 0 Å². The molecule has 0 saturated carbocycles. The van der Waals surface area contributed by atoms with Gasteiger partial charge in [0.15, 0.2) is 8.68 Å². The Balaban J connectivity index is 1.36. The molecule has 0 aliphatic carbocycles. The maximum absolute atomic E-state index is 4.80. The lowest BCUT2D eigenvalue weighted by molar-refractivity contribution is 1.10. The summed E-state index contributed by atoms with van der Waals surface area (Å²) >= 11 is 7.29. The highest BCUT2D eigenvalue weighted by Gasteiger charge is 2.17. The summed E-state index contributed by atoms with van der Waals surface area (Å²) in [6.07, 6.45) is 0. The Bertz CT molecular complexity index is 1230. The van der Waals surface area contributed by atoms with E-state index in [9.17, 15) is 0 Å². The van der Waals surface area contributed by atoms with Crippen LogP contribution in [0.2, 0.25) is 0 Å². The van der Waals surface area contributed by atoms with Gasteiger partial charge in [-0.15, -0.1) is 22.7 Å². The molecule has 3 aromatic carbocycles. The molecule has 162 valence electrons. The molecule has 5 rings (SSSR count). The van der Waals surface area contributed by atoms with E-state index in [1.807, 2.05) is 23.5 Å². The van der Waals surface area contributed by atoms with Crippen LogP contribution in [0.4, 0.5) is 0 Å². The van der Waals surface area contributed by atoms with Crippen molar-refractivity contribution in [3.05, 3.63) is 81.9 Å². The molecule has 2 aromatic heterocycles. The van der Waals surface area contributed by atoms with Gasteiger partial charge in [-0.2, -0.15) is 0 Å². The molecule has 0 aliphatic heterocycles. The summed E-state index contributed by atoms with van der Waals surface area (Å²) in [4.78, 5) is 9.61. The average molecular weight is 493 g/mol. The monoisotopic (exact) mass is 492 g/mol. The molecule has 0 amide bonds. The van der Waals surface area contributed by atoms with Gasteiger partial charge in [-0.1, -0.05) is 47.8 Å². The van der Waals surface area contributed by atoms with Gasteiger partial charge in [0.1, 0.15) is 0 Å². The Kier molecular flexibility index (Phi) is 6.30. The Morgan fingerprint density at radius 2 is 0.969 bits per heavy atom. The average Bonchev–Trinajstić information content (AvgIpc) is 3.41. The molecule has 0 radical (unpaired) electrons. The van der Waals surface area contributed by atoms with Crippen molar-refractivity contribution in [1.82, 2.24) is 9.97 Å². The predicted molar refractivity (Wildman–Crippen MR) is 144 cm³/mol. The molecule has 0 saturated heterocycles. The number of aromatic nitrogens is 2. The largest absolute Gasteiger partial charge is 0.230 e. The van der Waals surface area contributed by atoms with Gasteiger partial charge in [-0.3, -0.25) is 0 Å². The van der Waals surface area contributed by atoms with E-state index in [0.29, 0.717) is 0 Å². The van der Waals surface area contributed by atoms with E-state index in [4.69, 9.17) is 9.97 Å². The maximum Gasteiger partial charge on any atom is 0.151 e. The summed E-state index contributed by atoms with van der Waals surface area (Å²) in [7, 11) is 0. The minimum atomic E-state index is 0.963. The standard InChI is InChI=1S/C26H24N2S4/c1-15-16(2)20(14-30-26-28-22-10-6-8-12-24(22)32-26)18(4)17(3)19(15)13-29-25-27-21-9-5-7-11-23(21)31-25/h5-12H,13-14H2,1-4H3. The molecule has 0 fully saturated rings. The van der Waals surface area contributed by atoms with Crippen LogP contribution >= 0.6 is 46.2 Å². The van der Waals surface area contributed by atoms with E-state index in [0.717, 1.165) is 31.2 Å². The van der Waals surface area contributed by atoms with E-state index in [1.165, 1.54) is 42.8 Å². The molecule has 5 aromatic rings. The molecule has 2 heterocycles. The third-order valence-corrected chi connectivity index (χ3v) is 10.6. The summed E-state index contributed by atoms with van der Waals surface area (Å²) in [5.74, 6) is 1.93. The zero-order chi connectivity index (χ0) is 22.2.